The lowest BCUT2D eigenvalue weighted by atomic mass is 10.1. The summed E-state index contributed by atoms with van der Waals surface area (Å²) in [5.74, 6) is -0.331. The number of carboxylic acid groups (broad SMARTS) is 1. The van der Waals surface area contributed by atoms with Gasteiger partial charge in [-0.05, 0) is 18.1 Å². The Kier molecular flexibility index (Phi) is 2.81. The second-order valence-electron chi connectivity index (χ2n) is 3.54. The highest BCUT2D eigenvalue weighted by Gasteiger charge is 2.05. The first-order valence-electron chi connectivity index (χ1n) is 4.97. The summed E-state index contributed by atoms with van der Waals surface area (Å²) in [5.41, 5.74) is 1.67. The number of methoxy groups -OCH3 is 1. The van der Waals surface area contributed by atoms with Gasteiger partial charge in [0.2, 0.25) is 0 Å². The van der Waals surface area contributed by atoms with E-state index in [1.807, 2.05) is 18.2 Å². The maximum Gasteiger partial charge on any atom is 0.303 e. The Bertz CT molecular complexity index is 513. The minimum Gasteiger partial charge on any atom is -0.481 e. The summed E-state index contributed by atoms with van der Waals surface area (Å²) in [4.78, 5) is 10.4. The lowest BCUT2D eigenvalue weighted by molar-refractivity contribution is -0.136. The predicted molar refractivity (Wildman–Crippen MR) is 58.7 cm³/mol. The zero-order valence-corrected chi connectivity index (χ0v) is 8.90. The summed E-state index contributed by atoms with van der Waals surface area (Å²) in [6.07, 6.45) is 0.637. The molecular weight excluding hydrogens is 208 g/mol. The van der Waals surface area contributed by atoms with Crippen LogP contribution in [0.25, 0.3) is 11.0 Å². The van der Waals surface area contributed by atoms with E-state index in [4.69, 9.17) is 14.3 Å². The number of benzene rings is 1. The van der Waals surface area contributed by atoms with Gasteiger partial charge in [-0.15, -0.1) is 0 Å². The summed E-state index contributed by atoms with van der Waals surface area (Å²) in [5, 5.41) is 9.54. The van der Waals surface area contributed by atoms with Gasteiger partial charge in [0, 0.05) is 17.9 Å². The molecule has 0 fully saturated rings. The number of rotatable bonds is 4. The van der Waals surface area contributed by atoms with Crippen molar-refractivity contribution in [2.45, 2.75) is 12.8 Å². The minimum atomic E-state index is -0.794. The van der Waals surface area contributed by atoms with Crippen molar-refractivity contribution in [1.29, 1.82) is 0 Å². The highest BCUT2D eigenvalue weighted by Crippen LogP contribution is 2.25. The third-order valence-electron chi connectivity index (χ3n) is 2.39. The van der Waals surface area contributed by atoms with Crippen LogP contribution in [0.1, 0.15) is 12.0 Å². The average Bonchev–Trinajstić information content (AvgIpc) is 2.68. The lowest BCUT2D eigenvalue weighted by Crippen LogP contribution is -1.96. The summed E-state index contributed by atoms with van der Waals surface area (Å²) < 4.78 is 10.4. The first-order chi connectivity index (χ1) is 7.69. The van der Waals surface area contributed by atoms with E-state index in [2.05, 4.69) is 0 Å². The van der Waals surface area contributed by atoms with Crippen LogP contribution in [-0.4, -0.2) is 18.2 Å². The van der Waals surface area contributed by atoms with E-state index in [-0.39, 0.29) is 6.42 Å². The third-order valence-corrected chi connectivity index (χ3v) is 2.39. The monoisotopic (exact) mass is 220 g/mol. The van der Waals surface area contributed by atoms with Crippen LogP contribution in [0.15, 0.2) is 28.7 Å². The van der Waals surface area contributed by atoms with Gasteiger partial charge in [0.15, 0.2) is 0 Å². The molecule has 1 aromatic carbocycles. The number of aryl methyl sites for hydroxylation is 1. The SMILES string of the molecule is COc1cc2ccc(CCC(=O)O)cc2o1. The number of aliphatic carboxylic acids is 1. The average molecular weight is 220 g/mol. The van der Waals surface area contributed by atoms with Crippen LogP contribution in [0.2, 0.25) is 0 Å². The summed E-state index contributed by atoms with van der Waals surface area (Å²) in [6.45, 7) is 0. The molecule has 16 heavy (non-hydrogen) atoms. The van der Waals surface area contributed by atoms with Crippen molar-refractivity contribution in [2.75, 3.05) is 7.11 Å². The number of carboxylic acids is 1. The lowest BCUT2D eigenvalue weighted by Gasteiger charge is -1.97. The molecular formula is C12H12O4. The molecule has 1 heterocycles. The number of ether oxygens (including phenoxy) is 1. The molecule has 1 aromatic heterocycles. The Balaban J connectivity index is 2.25. The zero-order valence-electron chi connectivity index (χ0n) is 8.90. The molecule has 0 aliphatic carbocycles. The number of fused-ring (bicyclic) bond motifs is 1. The molecule has 0 atom stereocenters. The second kappa shape index (κ2) is 4.26. The van der Waals surface area contributed by atoms with Gasteiger partial charge < -0.3 is 14.3 Å². The second-order valence-corrected chi connectivity index (χ2v) is 3.54. The molecule has 0 amide bonds. The van der Waals surface area contributed by atoms with E-state index >= 15 is 0 Å². The van der Waals surface area contributed by atoms with Crippen molar-refractivity contribution in [1.82, 2.24) is 0 Å². The van der Waals surface area contributed by atoms with Crippen LogP contribution in [0.3, 0.4) is 0 Å². The summed E-state index contributed by atoms with van der Waals surface area (Å²) in [6, 6.07) is 7.45. The molecule has 0 radical (unpaired) electrons. The largest absolute Gasteiger partial charge is 0.481 e. The van der Waals surface area contributed by atoms with Gasteiger partial charge in [-0.1, -0.05) is 12.1 Å². The Hall–Kier alpha value is -1.97. The molecule has 0 saturated heterocycles. The zero-order chi connectivity index (χ0) is 11.5. The normalized spacial score (nSPS) is 10.6. The molecule has 0 spiro atoms. The van der Waals surface area contributed by atoms with Crippen LogP contribution in [0, 0.1) is 0 Å². The first kappa shape index (κ1) is 10.5. The Morgan fingerprint density at radius 2 is 2.25 bits per heavy atom. The standard InChI is InChI=1S/C12H12O4/c1-15-12-7-9-4-2-8(3-5-11(13)14)6-10(9)16-12/h2,4,6-7H,3,5H2,1H3,(H,13,14). The molecule has 0 bridgehead atoms. The number of hydrogen-bond donors (Lipinski definition) is 1. The van der Waals surface area contributed by atoms with Gasteiger partial charge >= 0.3 is 5.97 Å². The van der Waals surface area contributed by atoms with Crippen molar-refractivity contribution in [2.24, 2.45) is 0 Å². The fourth-order valence-electron chi connectivity index (χ4n) is 1.56. The molecule has 84 valence electrons. The third kappa shape index (κ3) is 2.16. The highest BCUT2D eigenvalue weighted by atomic mass is 16.6. The molecule has 0 saturated carbocycles. The fourth-order valence-corrected chi connectivity index (χ4v) is 1.56. The van der Waals surface area contributed by atoms with Crippen LogP contribution >= 0.6 is 0 Å². The van der Waals surface area contributed by atoms with Crippen molar-refractivity contribution in [3.05, 3.63) is 29.8 Å². The molecule has 4 heteroatoms. The van der Waals surface area contributed by atoms with Crippen molar-refractivity contribution < 1.29 is 19.1 Å². The van der Waals surface area contributed by atoms with Gasteiger partial charge in [-0.2, -0.15) is 0 Å². The highest BCUT2D eigenvalue weighted by molar-refractivity contribution is 5.79. The topological polar surface area (TPSA) is 59.7 Å². The van der Waals surface area contributed by atoms with Gasteiger partial charge in [-0.25, -0.2) is 0 Å². The Morgan fingerprint density at radius 1 is 1.44 bits per heavy atom. The smallest absolute Gasteiger partial charge is 0.303 e. The predicted octanol–water partition coefficient (Wildman–Crippen LogP) is 2.46. The first-order valence-corrected chi connectivity index (χ1v) is 4.97. The molecule has 0 aliphatic heterocycles. The van der Waals surface area contributed by atoms with Gasteiger partial charge in [0.25, 0.3) is 5.95 Å². The van der Waals surface area contributed by atoms with Crippen molar-refractivity contribution >= 4 is 16.9 Å². The van der Waals surface area contributed by atoms with Crippen molar-refractivity contribution in [3.63, 3.8) is 0 Å². The van der Waals surface area contributed by atoms with Crippen LogP contribution in [-0.2, 0) is 11.2 Å². The number of hydrogen-bond acceptors (Lipinski definition) is 3. The molecule has 0 aliphatic rings. The van der Waals surface area contributed by atoms with Gasteiger partial charge in [0.1, 0.15) is 5.58 Å². The van der Waals surface area contributed by atoms with Crippen LogP contribution in [0.4, 0.5) is 0 Å². The fraction of sp³-hybridized carbons (Fsp3) is 0.250. The van der Waals surface area contributed by atoms with E-state index in [9.17, 15) is 4.79 Å². The summed E-state index contributed by atoms with van der Waals surface area (Å²) in [7, 11) is 1.54. The molecule has 2 aromatic rings. The molecule has 2 rings (SSSR count). The van der Waals surface area contributed by atoms with Gasteiger partial charge in [0.05, 0.1) is 7.11 Å². The summed E-state index contributed by atoms with van der Waals surface area (Å²) >= 11 is 0. The Labute approximate surface area is 92.4 Å². The Morgan fingerprint density at radius 3 is 2.94 bits per heavy atom. The maximum absolute atomic E-state index is 10.4. The number of furan rings is 1. The van der Waals surface area contributed by atoms with Gasteiger partial charge in [-0.3, -0.25) is 4.79 Å². The minimum absolute atomic E-state index is 0.128. The van der Waals surface area contributed by atoms with Crippen molar-refractivity contribution in [3.8, 4) is 5.95 Å². The van der Waals surface area contributed by atoms with Crippen LogP contribution in [0.5, 0.6) is 5.95 Å². The van der Waals surface area contributed by atoms with E-state index in [1.54, 1.807) is 13.2 Å². The quantitative estimate of drug-likeness (QED) is 0.859. The van der Waals surface area contributed by atoms with Crippen LogP contribution < -0.4 is 4.74 Å². The van der Waals surface area contributed by atoms with E-state index in [1.165, 1.54) is 0 Å². The number of carbonyl (C=O) groups is 1. The van der Waals surface area contributed by atoms with E-state index in [0.717, 1.165) is 16.5 Å². The molecule has 4 nitrogen and oxygen atoms in total. The maximum atomic E-state index is 10.4. The van der Waals surface area contributed by atoms with E-state index in [0.29, 0.717) is 12.4 Å². The molecule has 1 N–H and O–H groups in total. The van der Waals surface area contributed by atoms with E-state index < -0.39 is 5.97 Å². The molecule has 0 unspecified atom stereocenters.